The molecule has 0 aromatic heterocycles. The van der Waals surface area contributed by atoms with Gasteiger partial charge in [0, 0.05) is 64.8 Å². The van der Waals surface area contributed by atoms with Crippen LogP contribution in [0.3, 0.4) is 0 Å². The summed E-state index contributed by atoms with van der Waals surface area (Å²) in [5.74, 6) is -0.401. The summed E-state index contributed by atoms with van der Waals surface area (Å²) in [5.41, 5.74) is 0. The standard InChI is InChI=1S/C59H118N6O3/c1-6-11-16-21-26-31-36-43-60(44-37-32-27-22-17-12-7-2)50-51-61(45-38-33-28-23-18-13-8-3)48-42-57(66)63-52-54-64(55-53-63)65-49-41-56(58(65)59(67)68)62(46-39-34-29-24-19-14-9-4)47-40-35-30-25-20-15-10-5/h56,58H,6-55H2,1-5H3,(H,67,68)/t56?,58-/m0/s1. The lowest BCUT2D eigenvalue weighted by Gasteiger charge is -2.42. The van der Waals surface area contributed by atoms with Crippen LogP contribution in [0, 0.1) is 0 Å². The minimum absolute atomic E-state index is 0.0525. The summed E-state index contributed by atoms with van der Waals surface area (Å²) in [5, 5.41) is 15.3. The molecule has 2 aliphatic rings. The summed E-state index contributed by atoms with van der Waals surface area (Å²) in [6, 6.07) is -0.459. The number of carbonyl (C=O) groups is 2. The van der Waals surface area contributed by atoms with Crippen LogP contribution in [0.25, 0.3) is 0 Å². The number of carboxylic acids is 1. The van der Waals surface area contributed by atoms with E-state index >= 15 is 0 Å². The number of hydrogen-bond acceptors (Lipinski definition) is 7. The molecule has 2 fully saturated rings. The van der Waals surface area contributed by atoms with Crippen molar-refractivity contribution in [1.29, 1.82) is 0 Å². The molecule has 0 saturated carbocycles. The smallest absolute Gasteiger partial charge is 0.323 e. The van der Waals surface area contributed by atoms with Gasteiger partial charge in [0.2, 0.25) is 5.91 Å². The fourth-order valence-electron chi connectivity index (χ4n) is 11.2. The van der Waals surface area contributed by atoms with Gasteiger partial charge in [-0.05, 0) is 71.2 Å². The molecule has 0 aliphatic carbocycles. The third-order valence-electron chi connectivity index (χ3n) is 15.7. The number of aliphatic carboxylic acids is 1. The normalized spacial score (nSPS) is 17.2. The Labute approximate surface area is 424 Å². The van der Waals surface area contributed by atoms with Crippen LogP contribution in [-0.4, -0.2) is 144 Å². The molecule has 0 spiro atoms. The van der Waals surface area contributed by atoms with Crippen molar-refractivity contribution in [2.75, 3.05) is 85.1 Å². The predicted octanol–water partition coefficient (Wildman–Crippen LogP) is 14.6. The Balaban J connectivity index is 1.99. The van der Waals surface area contributed by atoms with Gasteiger partial charge in [-0.2, -0.15) is 0 Å². The lowest BCUT2D eigenvalue weighted by molar-refractivity contribution is -0.157. The highest BCUT2D eigenvalue weighted by atomic mass is 16.4. The number of carboxylic acid groups (broad SMARTS) is 1. The van der Waals surface area contributed by atoms with Gasteiger partial charge >= 0.3 is 5.97 Å². The van der Waals surface area contributed by atoms with Gasteiger partial charge in [0.15, 0.2) is 0 Å². The van der Waals surface area contributed by atoms with E-state index in [2.05, 4.69) is 64.2 Å². The highest BCUT2D eigenvalue weighted by Crippen LogP contribution is 2.28. The first-order chi connectivity index (χ1) is 33.4. The summed E-state index contributed by atoms with van der Waals surface area (Å²) in [6.07, 6.45) is 47.7. The Morgan fingerprint density at radius 3 is 1.07 bits per heavy atom. The summed E-state index contributed by atoms with van der Waals surface area (Å²) in [7, 11) is 0. The van der Waals surface area contributed by atoms with E-state index in [4.69, 9.17) is 0 Å². The molecular formula is C59H118N6O3. The van der Waals surface area contributed by atoms with Crippen LogP contribution in [-0.2, 0) is 9.59 Å². The van der Waals surface area contributed by atoms with Gasteiger partial charge in [0.1, 0.15) is 6.04 Å². The molecule has 0 aromatic carbocycles. The topological polar surface area (TPSA) is 73.8 Å². The van der Waals surface area contributed by atoms with Crippen LogP contribution >= 0.6 is 0 Å². The molecular weight excluding hydrogens is 841 g/mol. The molecule has 2 rings (SSSR count). The van der Waals surface area contributed by atoms with E-state index in [1.807, 2.05) is 0 Å². The van der Waals surface area contributed by atoms with Crippen molar-refractivity contribution in [2.24, 2.45) is 0 Å². The highest BCUT2D eigenvalue weighted by Gasteiger charge is 2.45. The van der Waals surface area contributed by atoms with Crippen LogP contribution < -0.4 is 0 Å². The number of piperazine rings is 1. The molecule has 0 radical (unpaired) electrons. The molecule has 2 aliphatic heterocycles. The van der Waals surface area contributed by atoms with Gasteiger partial charge in [-0.15, -0.1) is 0 Å². The van der Waals surface area contributed by atoms with E-state index < -0.39 is 12.0 Å². The average molecular weight is 960 g/mol. The molecule has 68 heavy (non-hydrogen) atoms. The minimum Gasteiger partial charge on any atom is -0.480 e. The number of rotatable bonds is 49. The van der Waals surface area contributed by atoms with Crippen molar-refractivity contribution in [3.63, 3.8) is 0 Å². The van der Waals surface area contributed by atoms with Crippen LogP contribution in [0.15, 0.2) is 0 Å². The Kier molecular flexibility index (Phi) is 41.1. The maximum absolute atomic E-state index is 13.9. The quantitative estimate of drug-likeness (QED) is 0.0605. The number of unbranched alkanes of at least 4 members (excludes halogenated alkanes) is 30. The second-order valence-electron chi connectivity index (χ2n) is 21.7. The van der Waals surface area contributed by atoms with E-state index in [1.54, 1.807) is 0 Å². The molecule has 1 N–H and O–H groups in total. The summed E-state index contributed by atoms with van der Waals surface area (Å²) >= 11 is 0. The summed E-state index contributed by atoms with van der Waals surface area (Å²) in [6.45, 7) is 23.7. The SMILES string of the molecule is CCCCCCCCCN(CCCCCCCCC)CCN(CCCCCCCCC)CCC(=O)N1CCN(N2CCC(N(CCCCCCCCC)CCCCCCCCC)[C@H]2C(=O)O)CC1. The van der Waals surface area contributed by atoms with Gasteiger partial charge in [0.25, 0.3) is 0 Å². The zero-order chi connectivity index (χ0) is 49.1. The second kappa shape index (κ2) is 44.4. The van der Waals surface area contributed by atoms with Crippen molar-refractivity contribution < 1.29 is 14.7 Å². The molecule has 9 nitrogen and oxygen atoms in total. The van der Waals surface area contributed by atoms with Gasteiger partial charge in [0.05, 0.1) is 0 Å². The predicted molar refractivity (Wildman–Crippen MR) is 294 cm³/mol. The Bertz CT molecular complexity index is 1100. The van der Waals surface area contributed by atoms with Crippen molar-refractivity contribution in [3.8, 4) is 0 Å². The number of nitrogens with zero attached hydrogens (tertiary/aromatic N) is 6. The highest BCUT2D eigenvalue weighted by molar-refractivity contribution is 5.76. The van der Waals surface area contributed by atoms with Gasteiger partial charge in [-0.3, -0.25) is 14.5 Å². The zero-order valence-electron chi connectivity index (χ0n) is 46.5. The third-order valence-corrected chi connectivity index (χ3v) is 15.7. The molecule has 2 atom stereocenters. The van der Waals surface area contributed by atoms with E-state index in [9.17, 15) is 14.7 Å². The molecule has 0 aromatic rings. The average Bonchev–Trinajstić information content (AvgIpc) is 3.80. The fraction of sp³-hybridized carbons (Fsp3) is 0.966. The molecule has 1 unspecified atom stereocenters. The van der Waals surface area contributed by atoms with Crippen molar-refractivity contribution >= 4 is 11.9 Å². The Hall–Kier alpha value is -1.26. The van der Waals surface area contributed by atoms with Crippen LogP contribution in [0.4, 0.5) is 0 Å². The first-order valence-corrected chi connectivity index (χ1v) is 30.6. The number of hydrazine groups is 1. The van der Waals surface area contributed by atoms with Crippen LogP contribution in [0.1, 0.15) is 272 Å². The van der Waals surface area contributed by atoms with Gasteiger partial charge in [-0.25, -0.2) is 10.0 Å². The Morgan fingerprint density at radius 2 is 0.721 bits per heavy atom. The maximum Gasteiger partial charge on any atom is 0.323 e. The van der Waals surface area contributed by atoms with E-state index in [0.717, 1.165) is 65.3 Å². The molecule has 9 heteroatoms. The number of hydrogen-bond donors (Lipinski definition) is 1. The number of amides is 1. The lowest BCUT2D eigenvalue weighted by Crippen LogP contribution is -2.60. The molecule has 402 valence electrons. The second-order valence-corrected chi connectivity index (χ2v) is 21.7. The fourth-order valence-corrected chi connectivity index (χ4v) is 11.2. The first-order valence-electron chi connectivity index (χ1n) is 30.6. The van der Waals surface area contributed by atoms with E-state index in [-0.39, 0.29) is 11.9 Å². The first kappa shape index (κ1) is 62.9. The van der Waals surface area contributed by atoms with Gasteiger partial charge < -0.3 is 19.8 Å². The van der Waals surface area contributed by atoms with Gasteiger partial charge in [-0.1, -0.05) is 227 Å². The molecule has 1 amide bonds. The van der Waals surface area contributed by atoms with Crippen LogP contribution in [0.2, 0.25) is 0 Å². The minimum atomic E-state index is -0.681. The van der Waals surface area contributed by atoms with Crippen LogP contribution in [0.5, 0.6) is 0 Å². The summed E-state index contributed by atoms with van der Waals surface area (Å²) in [4.78, 5) is 37.2. The van der Waals surface area contributed by atoms with Crippen molar-refractivity contribution in [3.05, 3.63) is 0 Å². The van der Waals surface area contributed by atoms with Crippen molar-refractivity contribution in [1.82, 2.24) is 29.6 Å². The molecule has 0 bridgehead atoms. The van der Waals surface area contributed by atoms with Crippen molar-refractivity contribution in [2.45, 2.75) is 284 Å². The van der Waals surface area contributed by atoms with E-state index in [1.165, 1.54) is 238 Å². The van der Waals surface area contributed by atoms with E-state index in [0.29, 0.717) is 19.5 Å². The monoisotopic (exact) mass is 959 g/mol. The lowest BCUT2D eigenvalue weighted by atomic mass is 10.0. The Morgan fingerprint density at radius 1 is 0.397 bits per heavy atom. The number of carbonyl (C=O) groups excluding carboxylic acids is 1. The largest absolute Gasteiger partial charge is 0.480 e. The molecule has 2 heterocycles. The molecule has 2 saturated heterocycles. The zero-order valence-corrected chi connectivity index (χ0v) is 46.5. The summed E-state index contributed by atoms with van der Waals surface area (Å²) < 4.78 is 0. The maximum atomic E-state index is 13.9. The third kappa shape index (κ3) is 30.6.